The van der Waals surface area contributed by atoms with Gasteiger partial charge >= 0.3 is 0 Å². The average molecular weight is 371 g/mol. The highest BCUT2D eigenvalue weighted by Gasteiger charge is 2.25. The summed E-state index contributed by atoms with van der Waals surface area (Å²) in [5.74, 6) is 0.622. The lowest BCUT2D eigenvalue weighted by Crippen LogP contribution is -2.14. The second kappa shape index (κ2) is 6.97. The van der Waals surface area contributed by atoms with E-state index >= 15 is 0 Å². The maximum atomic E-state index is 13.3. The largest absolute Gasteiger partial charge is 0.497 e. The lowest BCUT2D eigenvalue weighted by atomic mass is 10.1. The van der Waals surface area contributed by atoms with Crippen LogP contribution >= 0.6 is 0 Å². The van der Waals surface area contributed by atoms with Gasteiger partial charge in [0.2, 0.25) is 0 Å². The summed E-state index contributed by atoms with van der Waals surface area (Å²) in [5, 5.41) is 10.2. The van der Waals surface area contributed by atoms with Gasteiger partial charge in [0.05, 0.1) is 23.2 Å². The molecule has 0 saturated heterocycles. The molecular formula is C20H21NO4S. The molecule has 26 heavy (non-hydrogen) atoms. The van der Waals surface area contributed by atoms with Crippen molar-refractivity contribution in [1.29, 1.82) is 0 Å². The third kappa shape index (κ3) is 2.91. The molecule has 0 aliphatic rings. The molecular weight excluding hydrogens is 350 g/mol. The fourth-order valence-corrected chi connectivity index (χ4v) is 4.66. The van der Waals surface area contributed by atoms with Crippen LogP contribution in [0.15, 0.2) is 53.9 Å². The Morgan fingerprint density at radius 2 is 1.88 bits per heavy atom. The number of hydrogen-bond acceptors (Lipinski definition) is 4. The monoisotopic (exact) mass is 371 g/mol. The van der Waals surface area contributed by atoms with E-state index in [1.807, 2.05) is 6.92 Å². The van der Waals surface area contributed by atoms with Crippen LogP contribution in [0.1, 0.15) is 16.8 Å². The number of nitrogens with zero attached hydrogens (tertiary/aromatic N) is 1. The van der Waals surface area contributed by atoms with Gasteiger partial charge in [-0.05, 0) is 55.3 Å². The molecule has 6 heteroatoms. The molecule has 0 radical (unpaired) electrons. The number of benzene rings is 2. The Bertz CT molecular complexity index is 1060. The summed E-state index contributed by atoms with van der Waals surface area (Å²) >= 11 is 0. The van der Waals surface area contributed by atoms with Crippen molar-refractivity contribution in [2.45, 2.75) is 18.2 Å². The van der Waals surface area contributed by atoms with E-state index in [-0.39, 0.29) is 11.5 Å². The van der Waals surface area contributed by atoms with E-state index in [1.165, 1.54) is 10.0 Å². The highest BCUT2D eigenvalue weighted by molar-refractivity contribution is 7.90. The minimum absolute atomic E-state index is 0.0955. The highest BCUT2D eigenvalue weighted by atomic mass is 32.2. The van der Waals surface area contributed by atoms with Crippen molar-refractivity contribution < 1.29 is 18.3 Å². The van der Waals surface area contributed by atoms with Gasteiger partial charge in [0.25, 0.3) is 10.0 Å². The smallest absolute Gasteiger partial charge is 0.268 e. The van der Waals surface area contributed by atoms with Crippen molar-refractivity contribution in [3.05, 3.63) is 65.9 Å². The number of hydrogen-bond donors (Lipinski definition) is 1. The van der Waals surface area contributed by atoms with Gasteiger partial charge in [0.1, 0.15) is 5.75 Å². The zero-order valence-electron chi connectivity index (χ0n) is 14.8. The molecule has 0 amide bonds. The predicted molar refractivity (Wildman–Crippen MR) is 103 cm³/mol. The van der Waals surface area contributed by atoms with Crippen LogP contribution in [0.3, 0.4) is 0 Å². The Hall–Kier alpha value is -2.57. The summed E-state index contributed by atoms with van der Waals surface area (Å²) in [4.78, 5) is 0.203. The molecule has 0 fully saturated rings. The number of aliphatic hydroxyl groups excluding tert-OH is 1. The first-order valence-electron chi connectivity index (χ1n) is 8.21. The van der Waals surface area contributed by atoms with Crippen LogP contribution in [0.5, 0.6) is 5.75 Å². The van der Waals surface area contributed by atoms with Gasteiger partial charge in [-0.1, -0.05) is 24.3 Å². The Morgan fingerprint density at radius 1 is 1.19 bits per heavy atom. The molecule has 0 bridgehead atoms. The molecule has 5 nitrogen and oxygen atoms in total. The van der Waals surface area contributed by atoms with Crippen molar-refractivity contribution in [2.24, 2.45) is 0 Å². The van der Waals surface area contributed by atoms with E-state index in [1.54, 1.807) is 49.6 Å². The number of aromatic nitrogens is 1. The van der Waals surface area contributed by atoms with Crippen LogP contribution in [0.2, 0.25) is 0 Å². The highest BCUT2D eigenvalue weighted by Crippen LogP contribution is 2.33. The topological polar surface area (TPSA) is 68.5 Å². The van der Waals surface area contributed by atoms with Crippen LogP contribution < -0.4 is 4.74 Å². The van der Waals surface area contributed by atoms with Gasteiger partial charge < -0.3 is 9.84 Å². The number of aliphatic hydroxyl groups is 1. The third-order valence-electron chi connectivity index (χ3n) is 4.39. The first-order chi connectivity index (χ1) is 12.4. The second-order valence-corrected chi connectivity index (χ2v) is 7.79. The third-order valence-corrected chi connectivity index (χ3v) is 6.13. The quantitative estimate of drug-likeness (QED) is 0.721. The summed E-state index contributed by atoms with van der Waals surface area (Å²) in [7, 11) is -2.26. The van der Waals surface area contributed by atoms with Gasteiger partial charge in [0.15, 0.2) is 0 Å². The summed E-state index contributed by atoms with van der Waals surface area (Å²) in [6.07, 6.45) is 1.84. The summed E-state index contributed by atoms with van der Waals surface area (Å²) in [5.41, 5.74) is 2.70. The molecule has 0 spiro atoms. The van der Waals surface area contributed by atoms with E-state index in [9.17, 15) is 13.5 Å². The molecule has 2 aromatic carbocycles. The maximum absolute atomic E-state index is 13.3. The van der Waals surface area contributed by atoms with Crippen LogP contribution in [-0.2, 0) is 16.4 Å². The summed E-state index contributed by atoms with van der Waals surface area (Å²) in [6.45, 7) is 5.60. The standard InChI is InChI=1S/C20H21NO4S/c1-4-19-17(11-12-22)18-13-15(25-3)7-10-20(18)21(19)26(23,24)16-8-5-14(2)6-9-16/h4-10,13,22H,1,11-12H2,2-3H3. The molecule has 0 saturated carbocycles. The molecule has 0 atom stereocenters. The van der Waals surface area contributed by atoms with Crippen LogP contribution in [0, 0.1) is 6.92 Å². The van der Waals surface area contributed by atoms with E-state index in [2.05, 4.69) is 6.58 Å². The van der Waals surface area contributed by atoms with Crippen LogP contribution in [-0.4, -0.2) is 31.2 Å². The number of fused-ring (bicyclic) bond motifs is 1. The summed E-state index contributed by atoms with van der Waals surface area (Å²) in [6, 6.07) is 12.0. The molecule has 136 valence electrons. The van der Waals surface area contributed by atoms with Crippen LogP contribution in [0.25, 0.3) is 17.0 Å². The molecule has 1 N–H and O–H groups in total. The lowest BCUT2D eigenvalue weighted by molar-refractivity contribution is 0.300. The Balaban J connectivity index is 2.37. The fraction of sp³-hybridized carbons (Fsp3) is 0.200. The van der Waals surface area contributed by atoms with Crippen molar-refractivity contribution in [2.75, 3.05) is 13.7 Å². The predicted octanol–water partition coefficient (Wildman–Crippen LogP) is 3.37. The first kappa shape index (κ1) is 18.2. The molecule has 1 heterocycles. The zero-order valence-corrected chi connectivity index (χ0v) is 15.6. The lowest BCUT2D eigenvalue weighted by Gasteiger charge is -2.11. The first-order valence-corrected chi connectivity index (χ1v) is 9.65. The Kier molecular flexibility index (Phi) is 4.89. The molecule has 0 aliphatic heterocycles. The minimum atomic E-state index is -3.82. The number of rotatable bonds is 6. The fourth-order valence-electron chi connectivity index (χ4n) is 3.11. The van der Waals surface area contributed by atoms with E-state index in [4.69, 9.17) is 4.74 Å². The van der Waals surface area contributed by atoms with E-state index < -0.39 is 10.0 Å². The van der Waals surface area contributed by atoms with Gasteiger partial charge in [-0.3, -0.25) is 0 Å². The maximum Gasteiger partial charge on any atom is 0.268 e. The Labute approximate surface area is 153 Å². The minimum Gasteiger partial charge on any atom is -0.497 e. The molecule has 3 rings (SSSR count). The van der Waals surface area contributed by atoms with Gasteiger partial charge in [0, 0.05) is 12.0 Å². The number of aryl methyl sites for hydroxylation is 1. The van der Waals surface area contributed by atoms with Crippen molar-refractivity contribution in [1.82, 2.24) is 3.97 Å². The van der Waals surface area contributed by atoms with E-state index in [0.717, 1.165) is 16.5 Å². The van der Waals surface area contributed by atoms with Crippen molar-refractivity contribution in [3.8, 4) is 5.75 Å². The number of ether oxygens (including phenoxy) is 1. The number of methoxy groups -OCH3 is 1. The SMILES string of the molecule is C=Cc1c(CCO)c2cc(OC)ccc2n1S(=O)(=O)c1ccc(C)cc1. The molecule has 3 aromatic rings. The average Bonchev–Trinajstić information content (AvgIpc) is 2.96. The van der Waals surface area contributed by atoms with Gasteiger partial charge in [-0.15, -0.1) is 0 Å². The van der Waals surface area contributed by atoms with Gasteiger partial charge in [-0.2, -0.15) is 0 Å². The van der Waals surface area contributed by atoms with E-state index in [0.29, 0.717) is 23.4 Å². The molecule has 0 unspecified atom stereocenters. The second-order valence-electron chi connectivity index (χ2n) is 6.01. The zero-order chi connectivity index (χ0) is 18.9. The van der Waals surface area contributed by atoms with Crippen LogP contribution in [0.4, 0.5) is 0 Å². The van der Waals surface area contributed by atoms with Crippen molar-refractivity contribution in [3.63, 3.8) is 0 Å². The normalized spacial score (nSPS) is 11.7. The molecule has 1 aromatic heterocycles. The summed E-state index contributed by atoms with van der Waals surface area (Å²) < 4.78 is 33.2. The Morgan fingerprint density at radius 3 is 2.46 bits per heavy atom. The molecule has 0 aliphatic carbocycles. The van der Waals surface area contributed by atoms with Gasteiger partial charge in [-0.25, -0.2) is 12.4 Å². The van der Waals surface area contributed by atoms with Crippen molar-refractivity contribution >= 4 is 27.0 Å².